The van der Waals surface area contributed by atoms with Crippen LogP contribution < -0.4 is 10.6 Å². The molecule has 108 valence electrons. The van der Waals surface area contributed by atoms with Crippen LogP contribution >= 0.6 is 35.0 Å². The second kappa shape index (κ2) is 5.79. The SMILES string of the molecule is Nc1cc(Cl)c(Cl)c(C(=O)N2CCSc3ccccc32)c1. The van der Waals surface area contributed by atoms with Crippen molar-refractivity contribution in [1.29, 1.82) is 0 Å². The molecule has 0 bridgehead atoms. The molecule has 0 atom stereocenters. The molecule has 0 fully saturated rings. The van der Waals surface area contributed by atoms with E-state index in [0.717, 1.165) is 16.3 Å². The number of nitrogens with zero attached hydrogens (tertiary/aromatic N) is 1. The number of para-hydroxylation sites is 1. The molecule has 21 heavy (non-hydrogen) atoms. The van der Waals surface area contributed by atoms with Gasteiger partial charge in [-0.1, -0.05) is 35.3 Å². The number of halogens is 2. The van der Waals surface area contributed by atoms with Crippen LogP contribution in [0.4, 0.5) is 11.4 Å². The zero-order chi connectivity index (χ0) is 15.0. The summed E-state index contributed by atoms with van der Waals surface area (Å²) in [5.74, 6) is 0.665. The van der Waals surface area contributed by atoms with E-state index in [1.165, 1.54) is 0 Å². The summed E-state index contributed by atoms with van der Waals surface area (Å²) >= 11 is 13.9. The Hall–Kier alpha value is -1.36. The Morgan fingerprint density at radius 2 is 2.00 bits per heavy atom. The molecule has 1 aliphatic rings. The first kappa shape index (κ1) is 14.6. The van der Waals surface area contributed by atoms with Gasteiger partial charge in [-0.25, -0.2) is 0 Å². The summed E-state index contributed by atoms with van der Waals surface area (Å²) in [5, 5.41) is 0.534. The highest BCUT2D eigenvalue weighted by Gasteiger charge is 2.26. The highest BCUT2D eigenvalue weighted by Crippen LogP contribution is 2.37. The van der Waals surface area contributed by atoms with Gasteiger partial charge in [0.05, 0.1) is 21.3 Å². The number of anilines is 2. The molecular formula is C15H12Cl2N2OS. The standard InChI is InChI=1S/C15H12Cl2N2OS/c16-11-8-9(18)7-10(14(11)17)15(20)19-5-6-21-13-4-2-1-3-12(13)19/h1-4,7-8H,5-6,18H2. The van der Waals surface area contributed by atoms with Crippen LogP contribution in [0.3, 0.4) is 0 Å². The Kier molecular flexibility index (Phi) is 4.02. The number of nitrogens with two attached hydrogens (primary N) is 1. The summed E-state index contributed by atoms with van der Waals surface area (Å²) in [6.45, 7) is 0.628. The molecule has 2 aromatic carbocycles. The van der Waals surface area contributed by atoms with Crippen molar-refractivity contribution in [1.82, 2.24) is 0 Å². The van der Waals surface area contributed by atoms with Gasteiger partial charge < -0.3 is 10.6 Å². The van der Waals surface area contributed by atoms with Crippen LogP contribution in [0.2, 0.25) is 10.0 Å². The lowest BCUT2D eigenvalue weighted by Gasteiger charge is -2.29. The lowest BCUT2D eigenvalue weighted by Crippen LogP contribution is -2.35. The molecule has 0 radical (unpaired) electrons. The lowest BCUT2D eigenvalue weighted by atomic mass is 10.1. The molecule has 0 saturated heterocycles. The van der Waals surface area contributed by atoms with Crippen LogP contribution in [-0.2, 0) is 0 Å². The Bertz CT molecular complexity index is 721. The number of nitrogen functional groups attached to an aromatic ring is 1. The van der Waals surface area contributed by atoms with Crippen molar-refractivity contribution in [2.45, 2.75) is 4.90 Å². The fourth-order valence-corrected chi connectivity index (χ4v) is 3.70. The van der Waals surface area contributed by atoms with E-state index in [1.807, 2.05) is 24.3 Å². The molecule has 0 spiro atoms. The zero-order valence-corrected chi connectivity index (χ0v) is 13.3. The van der Waals surface area contributed by atoms with Crippen LogP contribution in [0, 0.1) is 0 Å². The molecule has 0 unspecified atom stereocenters. The number of thioether (sulfide) groups is 1. The van der Waals surface area contributed by atoms with Crippen LogP contribution in [-0.4, -0.2) is 18.2 Å². The van der Waals surface area contributed by atoms with Gasteiger partial charge in [0.25, 0.3) is 5.91 Å². The van der Waals surface area contributed by atoms with Gasteiger partial charge in [-0.15, -0.1) is 11.8 Å². The number of hydrogen-bond acceptors (Lipinski definition) is 3. The van der Waals surface area contributed by atoms with Crippen molar-refractivity contribution in [2.24, 2.45) is 0 Å². The van der Waals surface area contributed by atoms with Gasteiger partial charge in [0.15, 0.2) is 0 Å². The number of rotatable bonds is 1. The van der Waals surface area contributed by atoms with Crippen molar-refractivity contribution in [2.75, 3.05) is 22.9 Å². The third kappa shape index (κ3) is 2.71. The fraction of sp³-hybridized carbons (Fsp3) is 0.133. The summed E-state index contributed by atoms with van der Waals surface area (Å²) in [5.41, 5.74) is 7.43. The third-order valence-corrected chi connectivity index (χ3v) is 5.10. The van der Waals surface area contributed by atoms with E-state index in [9.17, 15) is 4.79 Å². The number of amides is 1. The summed E-state index contributed by atoms with van der Waals surface area (Å²) in [4.78, 5) is 15.6. The maximum absolute atomic E-state index is 12.8. The molecule has 1 heterocycles. The number of carbonyl (C=O) groups is 1. The van der Waals surface area contributed by atoms with E-state index in [0.29, 0.717) is 22.8 Å². The average Bonchev–Trinajstić information content (AvgIpc) is 2.49. The van der Waals surface area contributed by atoms with E-state index in [1.54, 1.807) is 28.8 Å². The highest BCUT2D eigenvalue weighted by atomic mass is 35.5. The van der Waals surface area contributed by atoms with Gasteiger partial charge in [0.1, 0.15) is 0 Å². The van der Waals surface area contributed by atoms with Crippen molar-refractivity contribution in [3.8, 4) is 0 Å². The Morgan fingerprint density at radius 3 is 2.81 bits per heavy atom. The normalized spacial score (nSPS) is 13.9. The predicted molar refractivity (Wildman–Crippen MR) is 89.7 cm³/mol. The molecule has 2 N–H and O–H groups in total. The quantitative estimate of drug-likeness (QED) is 0.787. The van der Waals surface area contributed by atoms with E-state index in [4.69, 9.17) is 28.9 Å². The van der Waals surface area contributed by atoms with E-state index in [-0.39, 0.29) is 10.9 Å². The second-order valence-electron chi connectivity index (χ2n) is 4.64. The van der Waals surface area contributed by atoms with Gasteiger partial charge in [-0.3, -0.25) is 4.79 Å². The summed E-state index contributed by atoms with van der Waals surface area (Å²) in [6.07, 6.45) is 0. The molecule has 1 aliphatic heterocycles. The predicted octanol–water partition coefficient (Wildman–Crippen LogP) is 4.33. The topological polar surface area (TPSA) is 46.3 Å². The number of benzene rings is 2. The Morgan fingerprint density at radius 1 is 1.24 bits per heavy atom. The molecule has 1 amide bonds. The highest BCUT2D eigenvalue weighted by molar-refractivity contribution is 7.99. The van der Waals surface area contributed by atoms with E-state index >= 15 is 0 Å². The first-order valence-electron chi connectivity index (χ1n) is 6.36. The minimum atomic E-state index is -0.179. The average molecular weight is 339 g/mol. The van der Waals surface area contributed by atoms with Crippen molar-refractivity contribution < 1.29 is 4.79 Å². The Labute approximate surface area is 137 Å². The van der Waals surface area contributed by atoms with Gasteiger partial charge >= 0.3 is 0 Å². The summed E-state index contributed by atoms with van der Waals surface area (Å²) in [7, 11) is 0. The van der Waals surface area contributed by atoms with Crippen molar-refractivity contribution in [3.63, 3.8) is 0 Å². The van der Waals surface area contributed by atoms with E-state index in [2.05, 4.69) is 0 Å². The molecular weight excluding hydrogens is 327 g/mol. The second-order valence-corrected chi connectivity index (χ2v) is 6.56. The minimum Gasteiger partial charge on any atom is -0.399 e. The number of hydrogen-bond donors (Lipinski definition) is 1. The molecule has 0 aliphatic carbocycles. The molecule has 2 aromatic rings. The van der Waals surface area contributed by atoms with Crippen LogP contribution in [0.25, 0.3) is 0 Å². The fourth-order valence-electron chi connectivity index (χ4n) is 2.29. The molecule has 3 rings (SSSR count). The van der Waals surface area contributed by atoms with Gasteiger partial charge in [0, 0.05) is 22.9 Å². The number of carbonyl (C=O) groups excluding carboxylic acids is 1. The minimum absolute atomic E-state index is 0.179. The summed E-state index contributed by atoms with van der Waals surface area (Å²) < 4.78 is 0. The van der Waals surface area contributed by atoms with Gasteiger partial charge in [-0.2, -0.15) is 0 Å². The van der Waals surface area contributed by atoms with E-state index < -0.39 is 0 Å². The smallest absolute Gasteiger partial charge is 0.259 e. The molecule has 0 aromatic heterocycles. The maximum Gasteiger partial charge on any atom is 0.259 e. The van der Waals surface area contributed by atoms with Gasteiger partial charge in [-0.05, 0) is 24.3 Å². The van der Waals surface area contributed by atoms with Crippen molar-refractivity contribution >= 4 is 52.2 Å². The lowest BCUT2D eigenvalue weighted by molar-refractivity contribution is 0.0988. The van der Waals surface area contributed by atoms with Gasteiger partial charge in [0.2, 0.25) is 0 Å². The Balaban J connectivity index is 2.05. The molecule has 3 nitrogen and oxygen atoms in total. The van der Waals surface area contributed by atoms with Crippen LogP contribution in [0.15, 0.2) is 41.3 Å². The first-order chi connectivity index (χ1) is 10.1. The molecule has 6 heteroatoms. The molecule has 0 saturated carbocycles. The maximum atomic E-state index is 12.8. The van der Waals surface area contributed by atoms with Crippen LogP contribution in [0.5, 0.6) is 0 Å². The monoisotopic (exact) mass is 338 g/mol. The third-order valence-electron chi connectivity index (χ3n) is 3.25. The zero-order valence-electron chi connectivity index (χ0n) is 11.0. The summed E-state index contributed by atoms with van der Waals surface area (Å²) in [6, 6.07) is 10.9. The number of fused-ring (bicyclic) bond motifs is 1. The largest absolute Gasteiger partial charge is 0.399 e. The first-order valence-corrected chi connectivity index (χ1v) is 8.10. The van der Waals surface area contributed by atoms with Crippen LogP contribution in [0.1, 0.15) is 10.4 Å². The van der Waals surface area contributed by atoms with Crippen molar-refractivity contribution in [3.05, 3.63) is 52.0 Å².